The van der Waals surface area contributed by atoms with E-state index in [0.717, 1.165) is 37.9 Å². The summed E-state index contributed by atoms with van der Waals surface area (Å²) in [4.78, 5) is 26.7. The van der Waals surface area contributed by atoms with E-state index in [1.54, 1.807) is 30.3 Å². The molecule has 1 amide bonds. The molecule has 0 saturated carbocycles. The molecule has 2 heterocycles. The third kappa shape index (κ3) is 8.19. The molecule has 0 atom stereocenters. The third-order valence-electron chi connectivity index (χ3n) is 5.72. The fourth-order valence-electron chi connectivity index (χ4n) is 3.95. The van der Waals surface area contributed by atoms with Gasteiger partial charge in [-0.25, -0.2) is 23.2 Å². The average molecular weight is 602 g/mol. The second kappa shape index (κ2) is 12.7. The first-order valence-electron chi connectivity index (χ1n) is 12.0. The number of carbonyl (C=O) groups is 2. The number of sulfonamides is 1. The summed E-state index contributed by atoms with van der Waals surface area (Å²) in [5.41, 5.74) is 5.81. The van der Waals surface area contributed by atoms with E-state index >= 15 is 0 Å². The van der Waals surface area contributed by atoms with Crippen molar-refractivity contribution in [2.45, 2.75) is 32.4 Å². The van der Waals surface area contributed by atoms with Gasteiger partial charge in [0.25, 0.3) is 5.91 Å². The number of hydrogen-bond donors (Lipinski definition) is 3. The van der Waals surface area contributed by atoms with Crippen molar-refractivity contribution in [2.75, 3.05) is 24.1 Å². The van der Waals surface area contributed by atoms with Gasteiger partial charge in [-0.1, -0.05) is 30.2 Å². The Balaban J connectivity index is 0.000000559. The van der Waals surface area contributed by atoms with Gasteiger partial charge in [0, 0.05) is 30.0 Å². The number of carboxylic acid groups (broad SMARTS) is 1. The lowest BCUT2D eigenvalue weighted by molar-refractivity contribution is -0.192. The molecule has 3 aromatic rings. The lowest BCUT2D eigenvalue weighted by Crippen LogP contribution is -2.45. The van der Waals surface area contributed by atoms with Crippen LogP contribution in [0.5, 0.6) is 0 Å². The van der Waals surface area contributed by atoms with E-state index in [2.05, 4.69) is 10.1 Å². The molecule has 10 nitrogen and oxygen atoms in total. The van der Waals surface area contributed by atoms with Crippen LogP contribution in [0, 0.1) is 6.92 Å². The Bertz CT molecular complexity index is 1470. The molecular weight excluding hydrogens is 575 g/mol. The van der Waals surface area contributed by atoms with Crippen LogP contribution < -0.4 is 10.1 Å². The number of carboxylic acids is 1. The monoisotopic (exact) mass is 601 g/mol. The molecule has 1 aromatic heterocycles. The number of anilines is 1. The molecule has 0 unspecified atom stereocenters. The van der Waals surface area contributed by atoms with Crippen molar-refractivity contribution in [3.8, 4) is 17.1 Å². The average Bonchev–Trinajstić information content (AvgIpc) is 3.21. The molecular formula is C25H27ClF3N5O5S. The SMILES string of the molecule is Cc1c(C(=O)NN2CCCCC2)nc(-c2ccccc2Cl)n1-c1ccc(NS(C)(=O)=O)cc1.O=C(O)C(F)(F)F. The number of hydrazine groups is 1. The van der Waals surface area contributed by atoms with Gasteiger partial charge >= 0.3 is 12.1 Å². The minimum atomic E-state index is -5.08. The first-order chi connectivity index (χ1) is 18.7. The maximum Gasteiger partial charge on any atom is 0.490 e. The summed E-state index contributed by atoms with van der Waals surface area (Å²) < 4.78 is 59.1. The van der Waals surface area contributed by atoms with Crippen molar-refractivity contribution >= 4 is 39.2 Å². The molecule has 1 saturated heterocycles. The largest absolute Gasteiger partial charge is 0.490 e. The number of carbonyl (C=O) groups excluding carboxylic acids is 1. The van der Waals surface area contributed by atoms with Crippen LogP contribution in [-0.4, -0.2) is 65.5 Å². The summed E-state index contributed by atoms with van der Waals surface area (Å²) >= 11 is 6.47. The number of rotatable bonds is 6. The minimum Gasteiger partial charge on any atom is -0.475 e. The van der Waals surface area contributed by atoms with Crippen LogP contribution in [-0.2, 0) is 14.8 Å². The van der Waals surface area contributed by atoms with Crippen LogP contribution in [0.15, 0.2) is 48.5 Å². The zero-order valence-corrected chi connectivity index (χ0v) is 23.1. The topological polar surface area (TPSA) is 134 Å². The van der Waals surface area contributed by atoms with Gasteiger partial charge in [-0.05, 0) is 56.2 Å². The molecule has 0 spiro atoms. The molecule has 1 aliphatic heterocycles. The van der Waals surface area contributed by atoms with Crippen LogP contribution >= 0.6 is 11.6 Å². The van der Waals surface area contributed by atoms with Crippen LogP contribution in [0.25, 0.3) is 17.1 Å². The Morgan fingerprint density at radius 1 is 1.02 bits per heavy atom. The second-order valence-electron chi connectivity index (χ2n) is 8.90. The Morgan fingerprint density at radius 3 is 2.12 bits per heavy atom. The summed E-state index contributed by atoms with van der Waals surface area (Å²) in [5, 5.41) is 9.58. The number of nitrogens with one attached hydrogen (secondary N) is 2. The summed E-state index contributed by atoms with van der Waals surface area (Å²) in [6.45, 7) is 3.47. The Kier molecular flexibility index (Phi) is 9.82. The van der Waals surface area contributed by atoms with Crippen molar-refractivity contribution in [3.63, 3.8) is 0 Å². The second-order valence-corrected chi connectivity index (χ2v) is 11.1. The predicted octanol–water partition coefficient (Wildman–Crippen LogP) is 4.64. The molecule has 1 fully saturated rings. The van der Waals surface area contributed by atoms with Gasteiger partial charge in [0.2, 0.25) is 10.0 Å². The number of imidazole rings is 1. The van der Waals surface area contributed by atoms with Gasteiger partial charge in [-0.2, -0.15) is 13.2 Å². The normalized spacial score (nSPS) is 14.2. The van der Waals surface area contributed by atoms with Crippen molar-refractivity contribution in [1.82, 2.24) is 20.0 Å². The molecule has 15 heteroatoms. The predicted molar refractivity (Wildman–Crippen MR) is 144 cm³/mol. The third-order valence-corrected chi connectivity index (χ3v) is 6.66. The number of benzene rings is 2. The molecule has 40 heavy (non-hydrogen) atoms. The van der Waals surface area contributed by atoms with Crippen molar-refractivity contribution < 1.29 is 36.3 Å². The fourth-order valence-corrected chi connectivity index (χ4v) is 4.74. The molecule has 0 aliphatic carbocycles. The van der Waals surface area contributed by atoms with Crippen molar-refractivity contribution in [3.05, 3.63) is 64.9 Å². The van der Waals surface area contributed by atoms with E-state index < -0.39 is 22.2 Å². The number of aromatic nitrogens is 2. The van der Waals surface area contributed by atoms with E-state index in [0.29, 0.717) is 33.5 Å². The number of nitrogens with zero attached hydrogens (tertiary/aromatic N) is 3. The zero-order valence-electron chi connectivity index (χ0n) is 21.5. The lowest BCUT2D eigenvalue weighted by atomic mass is 10.2. The maximum absolute atomic E-state index is 13.1. The van der Waals surface area contributed by atoms with Crippen LogP contribution in [0.4, 0.5) is 18.9 Å². The summed E-state index contributed by atoms with van der Waals surface area (Å²) in [6.07, 6.45) is -0.719. The minimum absolute atomic E-state index is 0.267. The smallest absolute Gasteiger partial charge is 0.475 e. The molecule has 4 rings (SSSR count). The highest BCUT2D eigenvalue weighted by Crippen LogP contribution is 2.32. The number of halogens is 4. The number of piperidine rings is 1. The quantitative estimate of drug-likeness (QED) is 0.375. The van der Waals surface area contributed by atoms with Gasteiger partial charge in [0.05, 0.1) is 17.0 Å². The first-order valence-corrected chi connectivity index (χ1v) is 14.2. The van der Waals surface area contributed by atoms with Crippen LogP contribution in [0.2, 0.25) is 5.02 Å². The van der Waals surface area contributed by atoms with Gasteiger partial charge in [0.15, 0.2) is 5.69 Å². The van der Waals surface area contributed by atoms with Crippen LogP contribution in [0.1, 0.15) is 35.4 Å². The highest BCUT2D eigenvalue weighted by atomic mass is 35.5. The fraction of sp³-hybridized carbons (Fsp3) is 0.320. The lowest BCUT2D eigenvalue weighted by Gasteiger charge is -2.26. The van der Waals surface area contributed by atoms with Gasteiger partial charge < -0.3 is 5.11 Å². The first kappa shape index (κ1) is 30.9. The summed E-state index contributed by atoms with van der Waals surface area (Å²) in [7, 11) is -3.39. The Hall–Kier alpha value is -3.62. The maximum atomic E-state index is 13.1. The van der Waals surface area contributed by atoms with E-state index in [-0.39, 0.29) is 5.91 Å². The highest BCUT2D eigenvalue weighted by molar-refractivity contribution is 7.92. The van der Waals surface area contributed by atoms with E-state index in [4.69, 9.17) is 26.5 Å². The van der Waals surface area contributed by atoms with Crippen molar-refractivity contribution in [2.24, 2.45) is 0 Å². The number of alkyl halides is 3. The summed E-state index contributed by atoms with van der Waals surface area (Å²) in [6, 6.07) is 14.2. The molecule has 216 valence electrons. The molecule has 0 bridgehead atoms. The van der Waals surface area contributed by atoms with Gasteiger partial charge in [0.1, 0.15) is 5.82 Å². The number of aliphatic carboxylic acids is 1. The Labute approximate surface area is 233 Å². The van der Waals surface area contributed by atoms with E-state index in [9.17, 15) is 26.4 Å². The molecule has 0 radical (unpaired) electrons. The van der Waals surface area contributed by atoms with Crippen LogP contribution in [0.3, 0.4) is 0 Å². The number of hydrogen-bond acceptors (Lipinski definition) is 6. The van der Waals surface area contributed by atoms with Crippen molar-refractivity contribution in [1.29, 1.82) is 0 Å². The molecule has 2 aromatic carbocycles. The van der Waals surface area contributed by atoms with E-state index in [1.807, 2.05) is 34.7 Å². The van der Waals surface area contributed by atoms with Gasteiger partial charge in [-0.3, -0.25) is 19.5 Å². The number of amides is 1. The molecule has 3 N–H and O–H groups in total. The molecule has 1 aliphatic rings. The summed E-state index contributed by atoms with van der Waals surface area (Å²) in [5.74, 6) is -2.49. The van der Waals surface area contributed by atoms with E-state index in [1.165, 1.54) is 6.42 Å². The highest BCUT2D eigenvalue weighted by Gasteiger charge is 2.38. The Morgan fingerprint density at radius 2 is 1.60 bits per heavy atom. The van der Waals surface area contributed by atoms with Gasteiger partial charge in [-0.15, -0.1) is 0 Å². The zero-order chi connectivity index (χ0) is 29.7. The standard InChI is InChI=1S/C23H26ClN5O3S.C2HF3O2/c1-16-21(23(30)26-28-14-6-3-7-15-28)25-22(19-8-4-5-9-20(19)24)29(16)18-12-10-17(11-13-18)27-33(2,31)32;3-2(4,5)1(6)7/h4-5,8-13,27H,3,6-7,14-15H2,1-2H3,(H,26,30);(H,6,7).